The van der Waals surface area contributed by atoms with Gasteiger partial charge in [-0.3, -0.25) is 9.48 Å². The monoisotopic (exact) mass is 478 g/mol. The molecule has 0 radical (unpaired) electrons. The van der Waals surface area contributed by atoms with Crippen LogP contribution in [0.2, 0.25) is 0 Å². The van der Waals surface area contributed by atoms with Crippen molar-refractivity contribution in [3.8, 4) is 11.3 Å². The van der Waals surface area contributed by atoms with E-state index in [0.717, 1.165) is 55.2 Å². The lowest BCUT2D eigenvalue weighted by Gasteiger charge is -2.33. The molecule has 2 aliphatic rings. The number of aryl methyl sites for hydroxylation is 3. The van der Waals surface area contributed by atoms with Crippen molar-refractivity contribution in [2.75, 3.05) is 13.1 Å². The van der Waals surface area contributed by atoms with Gasteiger partial charge in [0.1, 0.15) is 0 Å². The lowest BCUT2D eigenvalue weighted by Crippen LogP contribution is -2.49. The first-order valence-corrected chi connectivity index (χ1v) is 11.4. The molecule has 1 saturated heterocycles. The Bertz CT molecular complexity index is 1150. The van der Waals surface area contributed by atoms with E-state index in [0.29, 0.717) is 17.0 Å². The Balaban J connectivity index is 0.00000245. The zero-order valence-electron chi connectivity index (χ0n) is 17.7. The van der Waals surface area contributed by atoms with Crippen molar-refractivity contribution in [2.45, 2.75) is 44.7 Å². The maximum Gasteiger partial charge on any atom is 0.261 e. The molecule has 2 atom stereocenters. The second kappa shape index (κ2) is 9.29. The third-order valence-corrected chi connectivity index (χ3v) is 7.45. The van der Waals surface area contributed by atoms with Crippen LogP contribution in [-0.2, 0) is 13.0 Å². The number of carbonyl (C=O) groups excluding carboxylic acids is 1. The molecule has 5 rings (SSSR count). The molecular weight excluding hydrogens is 454 g/mol. The summed E-state index contributed by atoms with van der Waals surface area (Å²) in [5, 5.41) is 10.9. The summed E-state index contributed by atoms with van der Waals surface area (Å²) in [5.74, 6) is -1.90. The molecule has 0 aliphatic carbocycles. The van der Waals surface area contributed by atoms with Crippen LogP contribution in [0.5, 0.6) is 0 Å². The predicted molar refractivity (Wildman–Crippen MR) is 124 cm³/mol. The second-order valence-electron chi connectivity index (χ2n) is 8.30. The molecule has 3 aromatic rings. The minimum absolute atomic E-state index is 0. The quantitative estimate of drug-likeness (QED) is 0.585. The molecule has 5 nitrogen and oxygen atoms in total. The number of thiophene rings is 1. The molecule has 170 valence electrons. The lowest BCUT2D eigenvalue weighted by atomic mass is 9.86. The average molecular weight is 479 g/mol. The third kappa shape index (κ3) is 4.19. The highest BCUT2D eigenvalue weighted by atomic mass is 35.5. The number of rotatable bonds is 3. The fourth-order valence-corrected chi connectivity index (χ4v) is 5.81. The maximum absolute atomic E-state index is 13.8. The van der Waals surface area contributed by atoms with Crippen LogP contribution in [0.4, 0.5) is 8.78 Å². The number of fused-ring (bicyclic) bond motifs is 3. The average Bonchev–Trinajstić information content (AvgIpc) is 3.29. The molecule has 0 bridgehead atoms. The van der Waals surface area contributed by atoms with Gasteiger partial charge in [0, 0.05) is 35.5 Å². The summed E-state index contributed by atoms with van der Waals surface area (Å²) in [6.07, 6.45) is 4.54. The van der Waals surface area contributed by atoms with Gasteiger partial charge in [0.15, 0.2) is 11.6 Å². The van der Waals surface area contributed by atoms with Crippen molar-refractivity contribution in [1.82, 2.24) is 20.4 Å². The zero-order valence-corrected chi connectivity index (χ0v) is 19.3. The SMILES string of the molecule is Cc1cnn2c1-c1cc(C(=O)N[C@@H]3CNCC[C@H]3c3ccc(F)c(F)c3)sc1CCC2.Cl. The topological polar surface area (TPSA) is 59.0 Å². The van der Waals surface area contributed by atoms with E-state index in [-0.39, 0.29) is 30.3 Å². The van der Waals surface area contributed by atoms with Crippen molar-refractivity contribution in [3.05, 3.63) is 63.0 Å². The summed E-state index contributed by atoms with van der Waals surface area (Å²) in [6, 6.07) is 5.81. The van der Waals surface area contributed by atoms with Crippen LogP contribution in [0.3, 0.4) is 0 Å². The second-order valence-corrected chi connectivity index (χ2v) is 9.44. The molecule has 2 N–H and O–H groups in total. The summed E-state index contributed by atoms with van der Waals surface area (Å²) in [7, 11) is 0. The van der Waals surface area contributed by atoms with Crippen LogP contribution in [0, 0.1) is 18.6 Å². The number of nitrogens with one attached hydrogen (secondary N) is 2. The number of carbonyl (C=O) groups is 1. The first kappa shape index (κ1) is 22.9. The Kier molecular flexibility index (Phi) is 6.65. The minimum atomic E-state index is -0.854. The van der Waals surface area contributed by atoms with Gasteiger partial charge in [0.25, 0.3) is 5.91 Å². The molecule has 0 spiro atoms. The van der Waals surface area contributed by atoms with E-state index in [1.807, 2.05) is 23.9 Å². The van der Waals surface area contributed by atoms with Gasteiger partial charge in [-0.15, -0.1) is 23.7 Å². The van der Waals surface area contributed by atoms with Crippen LogP contribution in [0.25, 0.3) is 11.3 Å². The summed E-state index contributed by atoms with van der Waals surface area (Å²) in [4.78, 5) is 15.1. The van der Waals surface area contributed by atoms with Gasteiger partial charge in [-0.2, -0.15) is 5.10 Å². The van der Waals surface area contributed by atoms with Gasteiger partial charge in [-0.1, -0.05) is 6.07 Å². The number of amides is 1. The van der Waals surface area contributed by atoms with Crippen molar-refractivity contribution in [2.24, 2.45) is 0 Å². The molecule has 1 aromatic carbocycles. The maximum atomic E-state index is 13.8. The van der Waals surface area contributed by atoms with E-state index in [4.69, 9.17) is 0 Å². The van der Waals surface area contributed by atoms with Gasteiger partial charge in [0.05, 0.1) is 16.8 Å². The standard InChI is InChI=1S/C23H24F2N4OS.ClH/c1-13-11-27-29-8-2-3-20-16(22(13)29)10-21(31-20)23(30)28-19-12-26-7-6-15(19)14-4-5-17(24)18(25)9-14;/h4-5,9-11,15,19,26H,2-3,6-8,12H2,1H3,(H,28,30);1H/t15-,19+;/m0./s1. The summed E-state index contributed by atoms with van der Waals surface area (Å²) in [5.41, 5.74) is 4.03. The largest absolute Gasteiger partial charge is 0.347 e. The van der Waals surface area contributed by atoms with Gasteiger partial charge in [-0.05, 0) is 62.1 Å². The summed E-state index contributed by atoms with van der Waals surface area (Å²) in [6.45, 7) is 4.29. The Morgan fingerprint density at radius 3 is 2.94 bits per heavy atom. The third-order valence-electron chi connectivity index (χ3n) is 6.25. The number of hydrogen-bond acceptors (Lipinski definition) is 4. The minimum Gasteiger partial charge on any atom is -0.347 e. The fourth-order valence-electron chi connectivity index (χ4n) is 4.71. The Morgan fingerprint density at radius 2 is 2.12 bits per heavy atom. The van der Waals surface area contributed by atoms with Crippen LogP contribution in [-0.4, -0.2) is 34.8 Å². The van der Waals surface area contributed by atoms with Crippen molar-refractivity contribution >= 4 is 29.7 Å². The number of halogens is 3. The fraction of sp³-hybridized carbons (Fsp3) is 0.391. The molecule has 32 heavy (non-hydrogen) atoms. The molecule has 2 aromatic heterocycles. The van der Waals surface area contributed by atoms with Crippen molar-refractivity contribution in [3.63, 3.8) is 0 Å². The highest BCUT2D eigenvalue weighted by Crippen LogP contribution is 2.37. The Labute approximate surface area is 195 Å². The zero-order chi connectivity index (χ0) is 21.5. The number of hydrogen-bond donors (Lipinski definition) is 2. The summed E-state index contributed by atoms with van der Waals surface area (Å²) >= 11 is 1.54. The molecular formula is C23H25ClF2N4OS. The molecule has 9 heteroatoms. The van der Waals surface area contributed by atoms with E-state index in [1.54, 1.807) is 6.07 Å². The highest BCUT2D eigenvalue weighted by molar-refractivity contribution is 7.14. The number of aromatic nitrogens is 2. The van der Waals surface area contributed by atoms with Gasteiger partial charge >= 0.3 is 0 Å². The Hall–Kier alpha value is -2.29. The van der Waals surface area contributed by atoms with Crippen LogP contribution >= 0.6 is 23.7 Å². The van der Waals surface area contributed by atoms with E-state index in [1.165, 1.54) is 22.3 Å². The first-order valence-electron chi connectivity index (χ1n) is 10.6. The van der Waals surface area contributed by atoms with E-state index < -0.39 is 11.6 Å². The Morgan fingerprint density at radius 1 is 1.28 bits per heavy atom. The predicted octanol–water partition coefficient (Wildman–Crippen LogP) is 4.44. The lowest BCUT2D eigenvalue weighted by molar-refractivity contribution is 0.0928. The smallest absolute Gasteiger partial charge is 0.261 e. The number of piperidine rings is 1. The number of nitrogens with zero attached hydrogens (tertiary/aromatic N) is 2. The molecule has 2 aliphatic heterocycles. The molecule has 1 fully saturated rings. The normalized spacial score (nSPS) is 20.0. The van der Waals surface area contributed by atoms with Crippen molar-refractivity contribution in [1.29, 1.82) is 0 Å². The molecule has 0 saturated carbocycles. The van der Waals surface area contributed by atoms with Gasteiger partial charge < -0.3 is 10.6 Å². The van der Waals surface area contributed by atoms with Crippen LogP contribution in [0.1, 0.15) is 44.4 Å². The van der Waals surface area contributed by atoms with Crippen molar-refractivity contribution < 1.29 is 13.6 Å². The van der Waals surface area contributed by atoms with Gasteiger partial charge in [-0.25, -0.2) is 8.78 Å². The van der Waals surface area contributed by atoms with E-state index in [2.05, 4.69) is 15.7 Å². The highest BCUT2D eigenvalue weighted by Gasteiger charge is 2.30. The van der Waals surface area contributed by atoms with Crippen LogP contribution in [0.15, 0.2) is 30.5 Å². The number of benzene rings is 1. The first-order chi connectivity index (χ1) is 15.0. The van der Waals surface area contributed by atoms with Gasteiger partial charge in [0.2, 0.25) is 0 Å². The summed E-state index contributed by atoms with van der Waals surface area (Å²) < 4.78 is 29.2. The van der Waals surface area contributed by atoms with E-state index >= 15 is 0 Å². The molecule has 4 heterocycles. The molecule has 0 unspecified atom stereocenters. The molecule has 1 amide bonds. The van der Waals surface area contributed by atoms with E-state index in [9.17, 15) is 13.6 Å². The van der Waals surface area contributed by atoms with Crippen LogP contribution < -0.4 is 10.6 Å².